The van der Waals surface area contributed by atoms with E-state index >= 15 is 0 Å². The van der Waals surface area contributed by atoms with Gasteiger partial charge in [-0.3, -0.25) is 19.8 Å². The van der Waals surface area contributed by atoms with Crippen LogP contribution in [0.15, 0.2) is 73.2 Å². The van der Waals surface area contributed by atoms with Crippen LogP contribution in [-0.2, 0) is 6.54 Å². The standard InChI is InChI=1S/C25H19N5O3S/c31-24(28-25-27-19-11-20-21(12-22(19)34-25)33-10-9-32-20)18-15-30(14-16-5-2-1-3-6-16)29-23(18)17-7-4-8-26-13-17/h1-8,11-13,15H,9-10,14H2,(H,27,28,31). The van der Waals surface area contributed by atoms with Crippen LogP contribution in [0.3, 0.4) is 0 Å². The molecule has 0 unspecified atom stereocenters. The lowest BCUT2D eigenvalue weighted by Gasteiger charge is -2.17. The summed E-state index contributed by atoms with van der Waals surface area (Å²) in [7, 11) is 0. The van der Waals surface area contributed by atoms with Crippen LogP contribution in [-0.4, -0.2) is 38.9 Å². The van der Waals surface area contributed by atoms with Crippen molar-refractivity contribution in [1.29, 1.82) is 0 Å². The lowest BCUT2D eigenvalue weighted by molar-refractivity contribution is 0.102. The third-order valence-corrected chi connectivity index (χ3v) is 6.34. The molecule has 9 heteroatoms. The van der Waals surface area contributed by atoms with Crippen molar-refractivity contribution in [3.05, 3.63) is 84.3 Å². The van der Waals surface area contributed by atoms with E-state index < -0.39 is 0 Å². The smallest absolute Gasteiger partial charge is 0.261 e. The average molecular weight is 470 g/mol. The number of amides is 1. The maximum atomic E-state index is 13.3. The van der Waals surface area contributed by atoms with Gasteiger partial charge in [0.05, 0.1) is 22.3 Å². The minimum Gasteiger partial charge on any atom is -0.486 e. The minimum atomic E-state index is -0.283. The van der Waals surface area contributed by atoms with E-state index in [1.807, 2.05) is 54.6 Å². The molecule has 6 rings (SSSR count). The van der Waals surface area contributed by atoms with Crippen molar-refractivity contribution >= 4 is 32.6 Å². The zero-order chi connectivity index (χ0) is 22.9. The predicted octanol–water partition coefficient (Wildman–Crippen LogP) is 4.63. The van der Waals surface area contributed by atoms with E-state index in [0.29, 0.717) is 47.6 Å². The van der Waals surface area contributed by atoms with Crippen molar-refractivity contribution in [3.63, 3.8) is 0 Å². The van der Waals surface area contributed by atoms with Crippen LogP contribution < -0.4 is 14.8 Å². The molecule has 0 spiro atoms. The molecule has 2 aromatic carbocycles. The Kier molecular flexibility index (Phi) is 5.15. The molecule has 5 aromatic rings. The molecule has 1 amide bonds. The fourth-order valence-electron chi connectivity index (χ4n) is 3.84. The molecule has 1 aliphatic heterocycles. The van der Waals surface area contributed by atoms with Crippen molar-refractivity contribution in [2.24, 2.45) is 0 Å². The zero-order valence-corrected chi connectivity index (χ0v) is 18.8. The van der Waals surface area contributed by atoms with Crippen molar-refractivity contribution in [2.45, 2.75) is 6.54 Å². The first-order valence-corrected chi connectivity index (χ1v) is 11.6. The topological polar surface area (TPSA) is 91.2 Å². The largest absolute Gasteiger partial charge is 0.486 e. The van der Waals surface area contributed by atoms with Crippen molar-refractivity contribution < 1.29 is 14.3 Å². The summed E-state index contributed by atoms with van der Waals surface area (Å²) in [5, 5.41) is 8.13. The van der Waals surface area contributed by atoms with Gasteiger partial charge in [-0.05, 0) is 17.7 Å². The van der Waals surface area contributed by atoms with E-state index in [1.54, 1.807) is 23.3 Å². The Morgan fingerprint density at radius 1 is 1.06 bits per heavy atom. The lowest BCUT2D eigenvalue weighted by atomic mass is 10.1. The van der Waals surface area contributed by atoms with Gasteiger partial charge in [0.2, 0.25) is 0 Å². The Balaban J connectivity index is 1.32. The van der Waals surface area contributed by atoms with Gasteiger partial charge in [-0.1, -0.05) is 41.7 Å². The first-order chi connectivity index (χ1) is 16.7. The fourth-order valence-corrected chi connectivity index (χ4v) is 4.71. The maximum absolute atomic E-state index is 13.3. The summed E-state index contributed by atoms with van der Waals surface area (Å²) in [6, 6.07) is 17.4. The van der Waals surface area contributed by atoms with E-state index in [9.17, 15) is 4.79 Å². The number of hydrogen-bond acceptors (Lipinski definition) is 7. The summed E-state index contributed by atoms with van der Waals surface area (Å²) < 4.78 is 14.0. The molecule has 0 bridgehead atoms. The number of anilines is 1. The van der Waals surface area contributed by atoms with Gasteiger partial charge in [0.15, 0.2) is 16.6 Å². The number of carbonyl (C=O) groups is 1. The quantitative estimate of drug-likeness (QED) is 0.404. The number of nitrogens with zero attached hydrogens (tertiary/aromatic N) is 4. The van der Waals surface area contributed by atoms with Gasteiger partial charge in [0.25, 0.3) is 5.91 Å². The summed E-state index contributed by atoms with van der Waals surface area (Å²) in [6.45, 7) is 1.58. The average Bonchev–Trinajstić information content (AvgIpc) is 3.47. The number of carbonyl (C=O) groups excluding carboxylic acids is 1. The normalized spacial score (nSPS) is 12.6. The predicted molar refractivity (Wildman–Crippen MR) is 130 cm³/mol. The highest BCUT2D eigenvalue weighted by Gasteiger charge is 2.21. The van der Waals surface area contributed by atoms with E-state index in [2.05, 4.69) is 15.3 Å². The second kappa shape index (κ2) is 8.60. The summed E-state index contributed by atoms with van der Waals surface area (Å²) in [6.07, 6.45) is 5.16. The van der Waals surface area contributed by atoms with Crippen molar-refractivity contribution in [2.75, 3.05) is 18.5 Å². The highest BCUT2D eigenvalue weighted by molar-refractivity contribution is 7.22. The molecule has 0 saturated heterocycles. The van der Waals surface area contributed by atoms with Gasteiger partial charge >= 0.3 is 0 Å². The number of nitrogens with one attached hydrogen (secondary N) is 1. The van der Waals surface area contributed by atoms with Crippen LogP contribution in [0.4, 0.5) is 5.13 Å². The van der Waals surface area contributed by atoms with Crippen LogP contribution in [0, 0.1) is 0 Å². The Bertz CT molecular complexity index is 1440. The first kappa shape index (κ1) is 20.4. The zero-order valence-electron chi connectivity index (χ0n) is 18.0. The number of benzene rings is 2. The SMILES string of the molecule is O=C(Nc1nc2cc3c(cc2s1)OCCO3)c1cn(Cc2ccccc2)nc1-c1cccnc1. The van der Waals surface area contributed by atoms with E-state index in [1.165, 1.54) is 11.3 Å². The molecule has 0 radical (unpaired) electrons. The molecule has 168 valence electrons. The molecular formula is C25H19N5O3S. The van der Waals surface area contributed by atoms with Crippen LogP contribution >= 0.6 is 11.3 Å². The minimum absolute atomic E-state index is 0.283. The number of thiazole rings is 1. The number of aromatic nitrogens is 4. The third-order valence-electron chi connectivity index (χ3n) is 5.40. The van der Waals surface area contributed by atoms with Gasteiger partial charge in [-0.2, -0.15) is 5.10 Å². The Morgan fingerprint density at radius 3 is 2.68 bits per heavy atom. The van der Waals surface area contributed by atoms with Crippen LogP contribution in [0.5, 0.6) is 11.5 Å². The maximum Gasteiger partial charge on any atom is 0.261 e. The van der Waals surface area contributed by atoms with Crippen LogP contribution in [0.25, 0.3) is 21.5 Å². The Labute approximate surface area is 198 Å². The molecule has 0 aliphatic carbocycles. The number of ether oxygens (including phenoxy) is 2. The second-order valence-electron chi connectivity index (χ2n) is 7.75. The Hall–Kier alpha value is -4.24. The summed E-state index contributed by atoms with van der Waals surface area (Å²) in [5.74, 6) is 1.08. The van der Waals surface area contributed by atoms with E-state index in [-0.39, 0.29) is 5.91 Å². The lowest BCUT2D eigenvalue weighted by Crippen LogP contribution is -2.15. The van der Waals surface area contributed by atoms with Crippen molar-refractivity contribution in [1.82, 2.24) is 19.7 Å². The molecule has 0 atom stereocenters. The first-order valence-electron chi connectivity index (χ1n) is 10.8. The molecule has 1 aliphatic rings. The highest BCUT2D eigenvalue weighted by atomic mass is 32.1. The molecule has 0 fully saturated rings. The van der Waals surface area contributed by atoms with Gasteiger partial charge in [-0.25, -0.2) is 4.98 Å². The van der Waals surface area contributed by atoms with Gasteiger partial charge in [0.1, 0.15) is 18.9 Å². The molecule has 4 heterocycles. The molecule has 34 heavy (non-hydrogen) atoms. The van der Waals surface area contributed by atoms with E-state index in [4.69, 9.17) is 14.6 Å². The third kappa shape index (κ3) is 3.97. The van der Waals surface area contributed by atoms with Crippen LogP contribution in [0.1, 0.15) is 15.9 Å². The van der Waals surface area contributed by atoms with Gasteiger partial charge in [0, 0.05) is 36.3 Å². The number of hydrogen-bond donors (Lipinski definition) is 1. The molecule has 1 N–H and O–H groups in total. The van der Waals surface area contributed by atoms with Gasteiger partial charge < -0.3 is 9.47 Å². The summed E-state index contributed by atoms with van der Waals surface area (Å²) >= 11 is 1.39. The van der Waals surface area contributed by atoms with Gasteiger partial charge in [-0.15, -0.1) is 0 Å². The molecule has 0 saturated carbocycles. The van der Waals surface area contributed by atoms with Crippen molar-refractivity contribution in [3.8, 4) is 22.8 Å². The summed E-state index contributed by atoms with van der Waals surface area (Å²) in [4.78, 5) is 22.1. The van der Waals surface area contributed by atoms with E-state index in [0.717, 1.165) is 21.3 Å². The molecular weight excluding hydrogens is 450 g/mol. The molecule has 8 nitrogen and oxygen atoms in total. The monoisotopic (exact) mass is 469 g/mol. The fraction of sp³-hybridized carbons (Fsp3) is 0.120. The number of rotatable bonds is 5. The highest BCUT2D eigenvalue weighted by Crippen LogP contribution is 2.38. The summed E-state index contributed by atoms with van der Waals surface area (Å²) in [5.41, 5.74) is 3.63. The Morgan fingerprint density at radius 2 is 1.88 bits per heavy atom. The van der Waals surface area contributed by atoms with Crippen LogP contribution in [0.2, 0.25) is 0 Å². The number of pyridine rings is 1. The number of fused-ring (bicyclic) bond motifs is 2. The molecule has 3 aromatic heterocycles. The second-order valence-corrected chi connectivity index (χ2v) is 8.78.